The molecule has 9 nitrogen and oxygen atoms in total. The molecule has 0 radical (unpaired) electrons. The first-order valence-electron chi connectivity index (χ1n) is 13.8. The van der Waals surface area contributed by atoms with Crippen molar-refractivity contribution in [2.75, 3.05) is 18.4 Å². The van der Waals surface area contributed by atoms with Crippen molar-refractivity contribution in [3.8, 4) is 6.07 Å². The van der Waals surface area contributed by atoms with E-state index < -0.39 is 6.17 Å². The van der Waals surface area contributed by atoms with Crippen LogP contribution in [0.1, 0.15) is 53.5 Å². The van der Waals surface area contributed by atoms with Crippen molar-refractivity contribution in [1.82, 2.24) is 29.0 Å². The van der Waals surface area contributed by atoms with E-state index in [9.17, 15) is 14.4 Å². The quantitative estimate of drug-likeness (QED) is 0.375. The van der Waals surface area contributed by atoms with E-state index in [1.54, 1.807) is 12.5 Å². The van der Waals surface area contributed by atoms with Crippen molar-refractivity contribution in [2.24, 2.45) is 18.9 Å². The van der Waals surface area contributed by atoms with Gasteiger partial charge in [-0.25, -0.2) is 9.37 Å². The zero-order valence-corrected chi connectivity index (χ0v) is 22.8. The summed E-state index contributed by atoms with van der Waals surface area (Å²) in [6.07, 6.45) is 9.13. The number of anilines is 1. The number of fused-ring (bicyclic) bond motifs is 1. The van der Waals surface area contributed by atoms with E-state index in [0.29, 0.717) is 49.4 Å². The minimum absolute atomic E-state index is 0.00150. The summed E-state index contributed by atoms with van der Waals surface area (Å²) < 4.78 is 17.8. The predicted octanol–water partition coefficient (Wildman–Crippen LogP) is 4.31. The number of aryl methyl sites for hydroxylation is 1. The summed E-state index contributed by atoms with van der Waals surface area (Å²) in [5, 5.41) is 20.9. The molecule has 206 valence electrons. The number of carbonyl (C=O) groups excluding carboxylic acids is 1. The van der Waals surface area contributed by atoms with Gasteiger partial charge in [0.15, 0.2) is 0 Å². The molecule has 4 heterocycles. The number of imidazole rings is 1. The van der Waals surface area contributed by atoms with Crippen molar-refractivity contribution < 1.29 is 9.18 Å². The van der Waals surface area contributed by atoms with Gasteiger partial charge in [0.05, 0.1) is 11.6 Å². The van der Waals surface area contributed by atoms with E-state index >= 15 is 0 Å². The first-order chi connectivity index (χ1) is 19.3. The third-order valence-corrected chi connectivity index (χ3v) is 8.57. The molecule has 1 saturated heterocycles. The monoisotopic (exact) mass is 540 g/mol. The van der Waals surface area contributed by atoms with E-state index in [4.69, 9.17) is 0 Å². The Morgan fingerprint density at radius 3 is 2.90 bits per heavy atom. The van der Waals surface area contributed by atoms with Gasteiger partial charge in [0, 0.05) is 74.6 Å². The first-order valence-corrected chi connectivity index (χ1v) is 13.8. The van der Waals surface area contributed by atoms with Crippen LogP contribution in [-0.4, -0.2) is 54.2 Å². The summed E-state index contributed by atoms with van der Waals surface area (Å²) in [4.78, 5) is 20.3. The molecule has 1 aliphatic heterocycles. The molecule has 6 rings (SSSR count). The van der Waals surface area contributed by atoms with Gasteiger partial charge in [0.25, 0.3) is 5.91 Å². The summed E-state index contributed by atoms with van der Waals surface area (Å²) in [5.74, 6) is 0.629. The van der Waals surface area contributed by atoms with E-state index in [-0.39, 0.29) is 23.2 Å². The van der Waals surface area contributed by atoms with Crippen LogP contribution < -0.4 is 5.32 Å². The minimum Gasteiger partial charge on any atom is -0.322 e. The smallest absolute Gasteiger partial charge is 0.259 e. The van der Waals surface area contributed by atoms with Crippen LogP contribution in [0, 0.1) is 23.2 Å². The van der Waals surface area contributed by atoms with Crippen molar-refractivity contribution in [2.45, 2.75) is 50.7 Å². The molecule has 10 heteroatoms. The highest BCUT2D eigenvalue weighted by molar-refractivity contribution is 6.08. The fourth-order valence-electron chi connectivity index (χ4n) is 6.30. The number of amides is 1. The Morgan fingerprint density at radius 1 is 1.30 bits per heavy atom. The highest BCUT2D eigenvalue weighted by atomic mass is 19.1. The van der Waals surface area contributed by atoms with Crippen LogP contribution in [0.3, 0.4) is 0 Å². The molecule has 1 aliphatic carbocycles. The third-order valence-electron chi connectivity index (χ3n) is 8.57. The van der Waals surface area contributed by atoms with E-state index in [2.05, 4.69) is 37.5 Å². The Kier molecular flexibility index (Phi) is 6.84. The molecule has 1 N–H and O–H groups in total. The zero-order valence-electron chi connectivity index (χ0n) is 22.8. The largest absolute Gasteiger partial charge is 0.322 e. The molecule has 1 saturated carbocycles. The van der Waals surface area contributed by atoms with E-state index in [1.807, 2.05) is 59.6 Å². The molecule has 2 fully saturated rings. The van der Waals surface area contributed by atoms with Crippen LogP contribution in [0.4, 0.5) is 10.1 Å². The minimum atomic E-state index is -0.755. The Hall–Kier alpha value is -4.10. The molecular formula is C30H33FN8O. The number of pyridine rings is 1. The summed E-state index contributed by atoms with van der Waals surface area (Å²) >= 11 is 0. The second-order valence-electron chi connectivity index (χ2n) is 11.5. The van der Waals surface area contributed by atoms with Crippen molar-refractivity contribution in [3.05, 3.63) is 77.8 Å². The maximum atomic E-state index is 14.0. The molecule has 0 unspecified atom stereocenters. The SMILES string of the molecule is C[C@@H]1CN(Cc2cc(C(=O)Nc3cccc(C4(Cc5nncn5C)CC(C#N)C4)c3)c3nccn3c2)CC[C@@H]1F. The molecular weight excluding hydrogens is 507 g/mol. The van der Waals surface area contributed by atoms with Crippen LogP contribution in [0.5, 0.6) is 0 Å². The lowest BCUT2D eigenvalue weighted by atomic mass is 9.57. The average molecular weight is 541 g/mol. The number of halogens is 1. The van der Waals surface area contributed by atoms with Gasteiger partial charge >= 0.3 is 0 Å². The summed E-state index contributed by atoms with van der Waals surface area (Å²) in [5.41, 5.74) is 3.58. The normalized spacial score (nSPS) is 24.9. The number of alkyl halides is 1. The highest BCUT2D eigenvalue weighted by Crippen LogP contribution is 2.50. The number of carbonyl (C=O) groups is 1. The predicted molar refractivity (Wildman–Crippen MR) is 148 cm³/mol. The lowest BCUT2D eigenvalue weighted by molar-refractivity contribution is 0.0925. The number of nitriles is 1. The number of piperidine rings is 1. The molecule has 1 amide bonds. The molecule has 4 aromatic rings. The Bertz CT molecular complexity index is 1580. The lowest BCUT2D eigenvalue weighted by Crippen LogP contribution is -2.43. The number of hydrogen-bond acceptors (Lipinski definition) is 6. The van der Waals surface area contributed by atoms with E-state index in [0.717, 1.165) is 29.8 Å². The molecule has 3 aromatic heterocycles. The van der Waals surface area contributed by atoms with Gasteiger partial charge in [-0.2, -0.15) is 5.26 Å². The van der Waals surface area contributed by atoms with Crippen LogP contribution in [0.2, 0.25) is 0 Å². The highest BCUT2D eigenvalue weighted by Gasteiger charge is 2.46. The van der Waals surface area contributed by atoms with Crippen LogP contribution >= 0.6 is 0 Å². The number of likely N-dealkylation sites (tertiary alicyclic amines) is 1. The van der Waals surface area contributed by atoms with Gasteiger partial charge in [0.1, 0.15) is 24.0 Å². The zero-order chi connectivity index (χ0) is 27.9. The van der Waals surface area contributed by atoms with Gasteiger partial charge in [0.2, 0.25) is 0 Å². The fraction of sp³-hybridized carbons (Fsp3) is 0.433. The van der Waals surface area contributed by atoms with Gasteiger partial charge in [-0.05, 0) is 48.6 Å². The van der Waals surface area contributed by atoms with Crippen LogP contribution in [0.25, 0.3) is 5.65 Å². The number of nitrogens with zero attached hydrogens (tertiary/aromatic N) is 7. The van der Waals surface area contributed by atoms with Gasteiger partial charge < -0.3 is 14.3 Å². The standard InChI is InChI=1S/C30H33FN8O/c1-20-16-38(8-6-26(20)31)17-21-10-25(28-33-7-9-39(28)18-21)29(40)35-24-5-3-4-23(11-24)30(12-22(13-30)15-32)14-27-36-34-19-37(27)2/h3-5,7,9-11,18-20,22,26H,6,8,12-14,16-17H2,1-2H3,(H,35,40)/t20-,22?,26+,30?/m1/s1. The number of aromatic nitrogens is 5. The van der Waals surface area contributed by atoms with Crippen LogP contribution in [0.15, 0.2) is 55.2 Å². The molecule has 2 aliphatic rings. The van der Waals surface area contributed by atoms with Gasteiger partial charge in [-0.3, -0.25) is 9.69 Å². The third kappa shape index (κ3) is 4.97. The molecule has 1 aromatic carbocycles. The van der Waals surface area contributed by atoms with Gasteiger partial charge in [-0.15, -0.1) is 10.2 Å². The van der Waals surface area contributed by atoms with Crippen molar-refractivity contribution in [3.63, 3.8) is 0 Å². The second kappa shape index (κ2) is 10.5. The first kappa shape index (κ1) is 26.1. The summed E-state index contributed by atoms with van der Waals surface area (Å²) in [6.45, 7) is 3.99. The molecule has 2 atom stereocenters. The topological polar surface area (TPSA) is 104 Å². The Morgan fingerprint density at radius 2 is 2.15 bits per heavy atom. The summed E-state index contributed by atoms with van der Waals surface area (Å²) in [7, 11) is 1.92. The maximum Gasteiger partial charge on any atom is 0.259 e. The summed E-state index contributed by atoms with van der Waals surface area (Å²) in [6, 6.07) is 12.2. The second-order valence-corrected chi connectivity index (χ2v) is 11.5. The Labute approximate surface area is 232 Å². The number of benzene rings is 1. The molecule has 0 spiro atoms. The number of rotatable bonds is 7. The Balaban J connectivity index is 1.24. The fourth-order valence-corrected chi connectivity index (χ4v) is 6.30. The average Bonchev–Trinajstić information content (AvgIpc) is 3.56. The number of nitrogens with one attached hydrogen (secondary N) is 1. The van der Waals surface area contributed by atoms with Crippen molar-refractivity contribution >= 4 is 17.2 Å². The molecule has 0 bridgehead atoms. The van der Waals surface area contributed by atoms with Crippen molar-refractivity contribution in [1.29, 1.82) is 5.26 Å². The number of hydrogen-bond donors (Lipinski definition) is 1. The van der Waals surface area contributed by atoms with E-state index in [1.165, 1.54) is 0 Å². The lowest BCUT2D eigenvalue weighted by Gasteiger charge is -2.45. The maximum absolute atomic E-state index is 14.0. The molecule has 40 heavy (non-hydrogen) atoms. The van der Waals surface area contributed by atoms with Crippen LogP contribution in [-0.2, 0) is 25.4 Å². The van der Waals surface area contributed by atoms with Gasteiger partial charge in [-0.1, -0.05) is 19.1 Å².